The van der Waals surface area contributed by atoms with E-state index in [9.17, 15) is 19.2 Å². The Kier molecular flexibility index (Phi) is 15.2. The summed E-state index contributed by atoms with van der Waals surface area (Å²) in [7, 11) is 0. The normalized spacial score (nSPS) is 9.73. The molecule has 0 radical (unpaired) electrons. The molecule has 0 saturated heterocycles. The van der Waals surface area contributed by atoms with E-state index in [1.807, 2.05) is 0 Å². The zero-order valence-electron chi connectivity index (χ0n) is 11.8. The minimum absolute atomic E-state index is 0. The van der Waals surface area contributed by atoms with Gasteiger partial charge in [0.1, 0.15) is 0 Å². The number of aliphatic carboxylic acids is 4. The van der Waals surface area contributed by atoms with Gasteiger partial charge in [-0.05, 0) is 0 Å². The van der Waals surface area contributed by atoms with E-state index in [1.165, 1.54) is 0 Å². The van der Waals surface area contributed by atoms with Crippen LogP contribution in [0.1, 0.15) is 0 Å². The first-order chi connectivity index (χ1) is 9.20. The van der Waals surface area contributed by atoms with Gasteiger partial charge in [-0.25, -0.2) is 0 Å². The van der Waals surface area contributed by atoms with Gasteiger partial charge in [-0.3, -0.25) is 29.0 Å². The van der Waals surface area contributed by atoms with Gasteiger partial charge in [0, 0.05) is 34.8 Å². The second kappa shape index (κ2) is 13.2. The molecule has 0 atom stereocenters. The fourth-order valence-electron chi connectivity index (χ4n) is 1.48. The molecule has 0 aromatic heterocycles. The number of hydrogen-bond donors (Lipinski definition) is 5. The van der Waals surface area contributed by atoms with E-state index < -0.39 is 50.1 Å². The second-order valence-corrected chi connectivity index (χ2v) is 4.00. The predicted molar refractivity (Wildman–Crippen MR) is 68.4 cm³/mol. The summed E-state index contributed by atoms with van der Waals surface area (Å²) in [5, 5.41) is 34.5. The standard InChI is InChI=1S/C10H16N2O8.H3N.Ti/c13-7(14)3-11(4-8(15)16)1-2-12(5-9(17)18)6-10(19)20;;/h1-6H2,(H,13,14)(H,15,16)(H,17,18)(H,19,20);1H3;. The number of carbonyl (C=O) groups is 4. The van der Waals surface area contributed by atoms with Crippen molar-refractivity contribution in [3.63, 3.8) is 0 Å². The number of hydrogen-bond acceptors (Lipinski definition) is 7. The van der Waals surface area contributed by atoms with Gasteiger partial charge >= 0.3 is 23.9 Å². The van der Waals surface area contributed by atoms with E-state index in [0.29, 0.717) is 0 Å². The number of nitrogens with zero attached hydrogens (tertiary/aromatic N) is 2. The van der Waals surface area contributed by atoms with Gasteiger partial charge in [0.25, 0.3) is 0 Å². The zero-order valence-corrected chi connectivity index (χ0v) is 13.3. The predicted octanol–water partition coefficient (Wildman–Crippen LogP) is -1.91. The molecule has 0 aliphatic heterocycles. The largest absolute Gasteiger partial charge is 0.480 e. The Labute approximate surface area is 141 Å². The molecule has 0 saturated carbocycles. The quantitative estimate of drug-likeness (QED) is 0.259. The monoisotopic (exact) mass is 357 g/mol. The molecule has 0 aliphatic carbocycles. The van der Waals surface area contributed by atoms with Crippen molar-refractivity contribution in [1.29, 1.82) is 0 Å². The molecule has 0 heterocycles. The third kappa shape index (κ3) is 14.9. The molecule has 0 amide bonds. The Bertz CT molecular complexity index is 324. The molecule has 0 bridgehead atoms. The van der Waals surface area contributed by atoms with Crippen LogP contribution in [0.2, 0.25) is 0 Å². The number of carboxylic acids is 4. The van der Waals surface area contributed by atoms with E-state index in [4.69, 9.17) is 20.4 Å². The number of rotatable bonds is 11. The number of carboxylic acid groups (broad SMARTS) is 4. The van der Waals surface area contributed by atoms with Gasteiger partial charge in [-0.2, -0.15) is 0 Å². The summed E-state index contributed by atoms with van der Waals surface area (Å²) in [5.41, 5.74) is 0. The Morgan fingerprint density at radius 1 is 0.591 bits per heavy atom. The van der Waals surface area contributed by atoms with Gasteiger partial charge in [-0.1, -0.05) is 0 Å². The maximum Gasteiger partial charge on any atom is 0.317 e. The van der Waals surface area contributed by atoms with E-state index in [0.717, 1.165) is 9.80 Å². The SMILES string of the molecule is N.O=C(O)CN(CCN(CC(=O)O)CC(=O)O)CC(=O)O.[Ti]. The van der Waals surface area contributed by atoms with Crippen molar-refractivity contribution >= 4 is 23.9 Å². The minimum Gasteiger partial charge on any atom is -0.480 e. The summed E-state index contributed by atoms with van der Waals surface area (Å²) in [6.45, 7) is -2.25. The summed E-state index contributed by atoms with van der Waals surface area (Å²) in [6, 6.07) is 0. The van der Waals surface area contributed by atoms with Crippen LogP contribution in [0, 0.1) is 0 Å². The first kappa shape index (κ1) is 25.4. The van der Waals surface area contributed by atoms with Crippen molar-refractivity contribution in [3.8, 4) is 0 Å². The third-order valence-electron chi connectivity index (χ3n) is 2.17. The van der Waals surface area contributed by atoms with Crippen LogP contribution in [0.5, 0.6) is 0 Å². The Morgan fingerprint density at radius 2 is 0.773 bits per heavy atom. The molecule has 0 spiro atoms. The molecule has 0 unspecified atom stereocenters. The molecule has 11 nitrogen and oxygen atoms in total. The van der Waals surface area contributed by atoms with Crippen LogP contribution in [-0.4, -0.2) is 93.4 Å². The zero-order chi connectivity index (χ0) is 15.7. The Balaban J connectivity index is -0.00000180. The van der Waals surface area contributed by atoms with E-state index >= 15 is 0 Å². The fourth-order valence-corrected chi connectivity index (χ4v) is 1.48. The smallest absolute Gasteiger partial charge is 0.317 e. The van der Waals surface area contributed by atoms with Gasteiger partial charge in [-0.15, -0.1) is 0 Å². The van der Waals surface area contributed by atoms with Crippen LogP contribution in [0.4, 0.5) is 0 Å². The van der Waals surface area contributed by atoms with Gasteiger partial charge < -0.3 is 26.6 Å². The minimum atomic E-state index is -1.23. The summed E-state index contributed by atoms with van der Waals surface area (Å²) < 4.78 is 0. The first-order valence-corrected chi connectivity index (χ1v) is 5.52. The average Bonchev–Trinajstić information content (AvgIpc) is 2.22. The van der Waals surface area contributed by atoms with Crippen molar-refractivity contribution in [2.45, 2.75) is 0 Å². The van der Waals surface area contributed by atoms with Crippen LogP contribution in [0.3, 0.4) is 0 Å². The van der Waals surface area contributed by atoms with Crippen LogP contribution >= 0.6 is 0 Å². The molecule has 0 aromatic rings. The fraction of sp³-hybridized carbons (Fsp3) is 0.600. The molecule has 12 heteroatoms. The molecule has 7 N–H and O–H groups in total. The molecular weight excluding hydrogens is 338 g/mol. The molecule has 0 rings (SSSR count). The molecule has 0 fully saturated rings. The maximum absolute atomic E-state index is 10.6. The van der Waals surface area contributed by atoms with Crippen LogP contribution < -0.4 is 6.15 Å². The third-order valence-corrected chi connectivity index (χ3v) is 2.17. The van der Waals surface area contributed by atoms with Crippen molar-refractivity contribution in [2.75, 3.05) is 39.3 Å². The Hall–Kier alpha value is -1.53. The van der Waals surface area contributed by atoms with Crippen molar-refractivity contribution < 1.29 is 61.3 Å². The molecule has 22 heavy (non-hydrogen) atoms. The van der Waals surface area contributed by atoms with Crippen LogP contribution in [-0.2, 0) is 40.9 Å². The summed E-state index contributed by atoms with van der Waals surface area (Å²) in [6.07, 6.45) is 0. The van der Waals surface area contributed by atoms with E-state index in [1.54, 1.807) is 0 Å². The van der Waals surface area contributed by atoms with Gasteiger partial charge in [0.05, 0.1) is 26.2 Å². The first-order valence-electron chi connectivity index (χ1n) is 5.52. The maximum atomic E-state index is 10.6. The van der Waals surface area contributed by atoms with Gasteiger partial charge in [0.2, 0.25) is 0 Å². The molecule has 126 valence electrons. The summed E-state index contributed by atoms with van der Waals surface area (Å²) in [5.74, 6) is -4.91. The van der Waals surface area contributed by atoms with Crippen molar-refractivity contribution in [3.05, 3.63) is 0 Å². The van der Waals surface area contributed by atoms with E-state index in [-0.39, 0.29) is 41.0 Å². The van der Waals surface area contributed by atoms with E-state index in [2.05, 4.69) is 0 Å². The molecule has 0 aromatic carbocycles. The average molecular weight is 357 g/mol. The summed E-state index contributed by atoms with van der Waals surface area (Å²) >= 11 is 0. The Morgan fingerprint density at radius 3 is 0.909 bits per heavy atom. The molecular formula is C10H19N3O8Ti. The molecule has 0 aliphatic rings. The van der Waals surface area contributed by atoms with Crippen LogP contribution in [0.15, 0.2) is 0 Å². The van der Waals surface area contributed by atoms with Crippen molar-refractivity contribution in [2.24, 2.45) is 0 Å². The van der Waals surface area contributed by atoms with Crippen molar-refractivity contribution in [1.82, 2.24) is 16.0 Å². The topological polar surface area (TPSA) is 191 Å². The van der Waals surface area contributed by atoms with Gasteiger partial charge in [0.15, 0.2) is 0 Å². The summed E-state index contributed by atoms with van der Waals surface area (Å²) in [4.78, 5) is 44.4. The second-order valence-electron chi connectivity index (χ2n) is 4.00. The van der Waals surface area contributed by atoms with Crippen LogP contribution in [0.25, 0.3) is 0 Å².